The van der Waals surface area contributed by atoms with Crippen LogP contribution in [0.1, 0.15) is 44.3 Å². The van der Waals surface area contributed by atoms with Crippen molar-refractivity contribution < 1.29 is 19.1 Å². The second kappa shape index (κ2) is 10.1. The van der Waals surface area contributed by atoms with E-state index in [4.69, 9.17) is 9.47 Å². The minimum Gasteiger partial charge on any atom is -0.496 e. The third-order valence-electron chi connectivity index (χ3n) is 5.53. The molecule has 0 bridgehead atoms. The van der Waals surface area contributed by atoms with Crippen molar-refractivity contribution in [2.75, 3.05) is 14.2 Å². The first-order chi connectivity index (χ1) is 15.4. The zero-order chi connectivity index (χ0) is 23.3. The number of hydrogen-bond donors (Lipinski definition) is 1. The minimum absolute atomic E-state index is 0.0247. The Morgan fingerprint density at radius 2 is 1.53 bits per heavy atom. The Balaban J connectivity index is 1.77. The zero-order valence-electron chi connectivity index (χ0n) is 19.2. The third-order valence-corrected chi connectivity index (χ3v) is 5.53. The molecule has 0 saturated carbocycles. The van der Waals surface area contributed by atoms with Crippen LogP contribution in [-0.4, -0.2) is 32.5 Å². The molecule has 1 unspecified atom stereocenters. The lowest BCUT2D eigenvalue weighted by Gasteiger charge is -2.17. The number of nitrogens with one attached hydrogen (secondary N) is 1. The largest absolute Gasteiger partial charge is 0.496 e. The van der Waals surface area contributed by atoms with Crippen LogP contribution in [0.4, 0.5) is 0 Å². The number of amides is 1. The monoisotopic (exact) mass is 431 g/mol. The van der Waals surface area contributed by atoms with Crippen LogP contribution in [0.5, 0.6) is 11.5 Å². The first-order valence-corrected chi connectivity index (χ1v) is 10.6. The Bertz CT molecular complexity index is 1070. The van der Waals surface area contributed by atoms with E-state index in [2.05, 4.69) is 5.32 Å². The van der Waals surface area contributed by atoms with E-state index in [-0.39, 0.29) is 11.9 Å². The smallest absolute Gasteiger partial charge is 0.252 e. The molecule has 0 fully saturated rings. The van der Waals surface area contributed by atoms with E-state index in [0.29, 0.717) is 23.5 Å². The maximum absolute atomic E-state index is 12.8. The van der Waals surface area contributed by atoms with Crippen LogP contribution in [0.25, 0.3) is 11.1 Å². The van der Waals surface area contributed by atoms with Crippen LogP contribution in [0.3, 0.4) is 0 Å². The van der Waals surface area contributed by atoms with Gasteiger partial charge >= 0.3 is 0 Å². The van der Waals surface area contributed by atoms with Crippen molar-refractivity contribution in [1.29, 1.82) is 0 Å². The molecule has 0 aliphatic rings. The van der Waals surface area contributed by atoms with Crippen LogP contribution < -0.4 is 14.8 Å². The molecule has 1 atom stereocenters. The minimum atomic E-state index is -0.0468. The highest BCUT2D eigenvalue weighted by molar-refractivity contribution is 5.97. The Labute approximate surface area is 189 Å². The molecule has 0 radical (unpaired) electrons. The lowest BCUT2D eigenvalue weighted by Crippen LogP contribution is -2.34. The van der Waals surface area contributed by atoms with Gasteiger partial charge in [0.2, 0.25) is 0 Å². The van der Waals surface area contributed by atoms with Gasteiger partial charge in [-0.15, -0.1) is 0 Å². The van der Waals surface area contributed by atoms with E-state index in [9.17, 15) is 9.59 Å². The molecular weight excluding hydrogens is 402 g/mol. The summed E-state index contributed by atoms with van der Waals surface area (Å²) in [6.07, 6.45) is 1.47. The second-order valence-electron chi connectivity index (χ2n) is 7.96. The number of methoxy groups -OCH3 is 2. The van der Waals surface area contributed by atoms with Crippen LogP contribution in [0.2, 0.25) is 0 Å². The highest BCUT2D eigenvalue weighted by Gasteiger charge is 2.17. The van der Waals surface area contributed by atoms with Gasteiger partial charge in [-0.3, -0.25) is 9.59 Å². The summed E-state index contributed by atoms with van der Waals surface area (Å²) in [6, 6.07) is 17.3. The number of ether oxygens (including phenoxy) is 2. The van der Waals surface area contributed by atoms with Crippen molar-refractivity contribution in [1.82, 2.24) is 5.32 Å². The Morgan fingerprint density at radius 3 is 2.03 bits per heavy atom. The summed E-state index contributed by atoms with van der Waals surface area (Å²) in [5, 5.41) is 3.11. The molecule has 0 aliphatic heterocycles. The highest BCUT2D eigenvalue weighted by Crippen LogP contribution is 2.39. The van der Waals surface area contributed by atoms with Gasteiger partial charge in [0.25, 0.3) is 5.91 Å². The fourth-order valence-electron chi connectivity index (χ4n) is 3.97. The molecule has 0 heterocycles. The molecule has 5 nitrogen and oxygen atoms in total. The number of aryl methyl sites for hydroxylation is 2. The Hall–Kier alpha value is -3.60. The molecule has 3 aromatic rings. The van der Waals surface area contributed by atoms with Crippen molar-refractivity contribution in [2.24, 2.45) is 0 Å². The molecule has 3 aromatic carbocycles. The molecule has 0 aromatic heterocycles. The number of rotatable bonds is 8. The molecule has 32 heavy (non-hydrogen) atoms. The van der Waals surface area contributed by atoms with Gasteiger partial charge in [-0.25, -0.2) is 0 Å². The summed E-state index contributed by atoms with van der Waals surface area (Å²) in [7, 11) is 3.14. The van der Waals surface area contributed by atoms with Crippen LogP contribution in [0, 0.1) is 13.8 Å². The number of hydrogen-bond acceptors (Lipinski definition) is 4. The Morgan fingerprint density at radius 1 is 0.969 bits per heavy atom. The molecule has 3 rings (SSSR count). The zero-order valence-corrected chi connectivity index (χ0v) is 19.2. The van der Waals surface area contributed by atoms with Crippen LogP contribution in [0.15, 0.2) is 54.6 Å². The quantitative estimate of drug-likeness (QED) is 0.500. The van der Waals surface area contributed by atoms with Crippen molar-refractivity contribution in [3.8, 4) is 22.6 Å². The van der Waals surface area contributed by atoms with E-state index < -0.39 is 0 Å². The predicted octanol–water partition coefficient (Wildman–Crippen LogP) is 5.16. The van der Waals surface area contributed by atoms with E-state index in [1.807, 2.05) is 63.2 Å². The van der Waals surface area contributed by atoms with Gasteiger partial charge in [0.05, 0.1) is 19.8 Å². The van der Waals surface area contributed by atoms with Crippen molar-refractivity contribution >= 4 is 12.2 Å². The molecule has 1 amide bonds. The summed E-state index contributed by atoms with van der Waals surface area (Å²) in [5.41, 5.74) is 6.01. The standard InChI is InChI=1S/C27H29NO4/c1-17-7-6-8-18(2)25(17)27(30)28-19(3)13-20-9-11-22(12-10-20)26-23(31-4)14-21(16-29)15-24(26)32-5/h6-12,14-16,19H,13H2,1-5H3,(H,28,30). The molecule has 1 N–H and O–H groups in total. The number of aldehydes is 1. The number of carbonyl (C=O) groups excluding carboxylic acids is 2. The fourth-order valence-corrected chi connectivity index (χ4v) is 3.97. The lowest BCUT2D eigenvalue weighted by atomic mass is 9.98. The molecular formula is C27H29NO4. The lowest BCUT2D eigenvalue weighted by molar-refractivity contribution is 0.0938. The maximum Gasteiger partial charge on any atom is 0.252 e. The van der Waals surface area contributed by atoms with Crippen molar-refractivity contribution in [2.45, 2.75) is 33.2 Å². The predicted molar refractivity (Wildman–Crippen MR) is 127 cm³/mol. The second-order valence-corrected chi connectivity index (χ2v) is 7.96. The van der Waals surface area contributed by atoms with Gasteiger partial charge in [-0.05, 0) is 61.6 Å². The van der Waals surface area contributed by atoms with E-state index >= 15 is 0 Å². The van der Waals surface area contributed by atoms with Crippen LogP contribution >= 0.6 is 0 Å². The fraction of sp³-hybridized carbons (Fsp3) is 0.259. The number of carbonyl (C=O) groups is 2. The third kappa shape index (κ3) is 4.99. The van der Waals surface area contributed by atoms with Gasteiger partial charge in [-0.1, -0.05) is 42.5 Å². The van der Waals surface area contributed by atoms with Gasteiger partial charge in [0.15, 0.2) is 0 Å². The molecule has 5 heteroatoms. The average Bonchev–Trinajstić information content (AvgIpc) is 2.78. The average molecular weight is 432 g/mol. The summed E-state index contributed by atoms with van der Waals surface area (Å²) >= 11 is 0. The summed E-state index contributed by atoms with van der Waals surface area (Å²) in [5.74, 6) is 1.11. The van der Waals surface area contributed by atoms with Gasteiger partial charge in [-0.2, -0.15) is 0 Å². The van der Waals surface area contributed by atoms with E-state index in [1.165, 1.54) is 0 Å². The molecule has 0 saturated heterocycles. The van der Waals surface area contributed by atoms with Crippen molar-refractivity contribution in [3.05, 3.63) is 82.4 Å². The topological polar surface area (TPSA) is 64.6 Å². The summed E-state index contributed by atoms with van der Waals surface area (Å²) in [6.45, 7) is 5.91. The molecule has 0 spiro atoms. The Kier molecular flexibility index (Phi) is 7.31. The van der Waals surface area contributed by atoms with Crippen molar-refractivity contribution in [3.63, 3.8) is 0 Å². The first-order valence-electron chi connectivity index (χ1n) is 10.6. The van der Waals surface area contributed by atoms with Gasteiger partial charge in [0, 0.05) is 17.2 Å². The normalized spacial score (nSPS) is 11.5. The molecule has 0 aliphatic carbocycles. The first kappa shape index (κ1) is 23.1. The van der Waals surface area contributed by atoms with E-state index in [1.54, 1.807) is 26.4 Å². The highest BCUT2D eigenvalue weighted by atomic mass is 16.5. The molecule has 166 valence electrons. The number of benzene rings is 3. The summed E-state index contributed by atoms with van der Waals surface area (Å²) in [4.78, 5) is 24.0. The van der Waals surface area contributed by atoms with Gasteiger partial charge < -0.3 is 14.8 Å². The maximum atomic E-state index is 12.8. The van der Waals surface area contributed by atoms with E-state index in [0.717, 1.165) is 39.7 Å². The van der Waals surface area contributed by atoms with Crippen LogP contribution in [-0.2, 0) is 6.42 Å². The van der Waals surface area contributed by atoms with Gasteiger partial charge in [0.1, 0.15) is 17.8 Å². The SMILES string of the molecule is COc1cc(C=O)cc(OC)c1-c1ccc(CC(C)NC(=O)c2c(C)cccc2C)cc1. The summed E-state index contributed by atoms with van der Waals surface area (Å²) < 4.78 is 11.0.